The van der Waals surface area contributed by atoms with Crippen molar-refractivity contribution in [2.45, 2.75) is 25.9 Å². The molecule has 1 unspecified atom stereocenters. The zero-order chi connectivity index (χ0) is 10.5. The maximum atomic E-state index is 5.27. The standard InChI is InChI=1S/C10H14N4O/c1-8(5-9-3-2-4-15-9)11-6-10-12-7-13-14-10/h2-4,7-8,11H,5-6H2,1H3,(H,12,13,14). The molecule has 2 N–H and O–H groups in total. The van der Waals surface area contributed by atoms with E-state index in [1.807, 2.05) is 12.1 Å². The Kier molecular flexibility index (Phi) is 3.14. The predicted octanol–water partition coefficient (Wildman–Crippen LogP) is 1.12. The molecule has 0 aliphatic rings. The summed E-state index contributed by atoms with van der Waals surface area (Å²) in [6.07, 6.45) is 4.08. The van der Waals surface area contributed by atoms with Crippen LogP contribution in [0.25, 0.3) is 0 Å². The minimum atomic E-state index is 0.348. The molecule has 2 aromatic heterocycles. The fourth-order valence-corrected chi connectivity index (χ4v) is 1.39. The summed E-state index contributed by atoms with van der Waals surface area (Å²) < 4.78 is 5.27. The molecule has 2 heterocycles. The van der Waals surface area contributed by atoms with E-state index in [0.29, 0.717) is 12.6 Å². The van der Waals surface area contributed by atoms with Gasteiger partial charge < -0.3 is 9.73 Å². The molecule has 0 radical (unpaired) electrons. The van der Waals surface area contributed by atoms with Crippen molar-refractivity contribution in [2.24, 2.45) is 0 Å². The van der Waals surface area contributed by atoms with Gasteiger partial charge in [-0.15, -0.1) is 0 Å². The SMILES string of the molecule is CC(Cc1ccco1)NCc1ncn[nH]1. The molecular formula is C10H14N4O. The van der Waals surface area contributed by atoms with Gasteiger partial charge in [-0.3, -0.25) is 5.10 Å². The molecule has 2 aromatic rings. The third-order valence-electron chi connectivity index (χ3n) is 2.17. The van der Waals surface area contributed by atoms with Crippen LogP contribution in [-0.2, 0) is 13.0 Å². The van der Waals surface area contributed by atoms with Crippen molar-refractivity contribution in [1.82, 2.24) is 20.5 Å². The van der Waals surface area contributed by atoms with Gasteiger partial charge in [-0.25, -0.2) is 4.98 Å². The number of furan rings is 1. The van der Waals surface area contributed by atoms with Gasteiger partial charge in [0.1, 0.15) is 17.9 Å². The van der Waals surface area contributed by atoms with Crippen molar-refractivity contribution < 1.29 is 4.42 Å². The number of nitrogens with zero attached hydrogens (tertiary/aromatic N) is 2. The summed E-state index contributed by atoms with van der Waals surface area (Å²) in [5.41, 5.74) is 0. The van der Waals surface area contributed by atoms with E-state index in [-0.39, 0.29) is 0 Å². The molecule has 0 fully saturated rings. The Labute approximate surface area is 87.9 Å². The van der Waals surface area contributed by atoms with Gasteiger partial charge in [0.2, 0.25) is 0 Å². The zero-order valence-electron chi connectivity index (χ0n) is 8.60. The van der Waals surface area contributed by atoms with E-state index in [2.05, 4.69) is 27.4 Å². The summed E-state index contributed by atoms with van der Waals surface area (Å²) in [7, 11) is 0. The Morgan fingerprint density at radius 2 is 2.53 bits per heavy atom. The van der Waals surface area contributed by atoms with Crippen LogP contribution in [0.3, 0.4) is 0 Å². The number of nitrogens with one attached hydrogen (secondary N) is 2. The van der Waals surface area contributed by atoms with Crippen LogP contribution < -0.4 is 5.32 Å². The summed E-state index contributed by atoms with van der Waals surface area (Å²) in [5, 5.41) is 9.92. The highest BCUT2D eigenvalue weighted by molar-refractivity contribution is 5.00. The van der Waals surface area contributed by atoms with Crippen molar-refractivity contribution in [2.75, 3.05) is 0 Å². The summed E-state index contributed by atoms with van der Waals surface area (Å²) >= 11 is 0. The van der Waals surface area contributed by atoms with E-state index >= 15 is 0 Å². The first-order valence-corrected chi connectivity index (χ1v) is 4.94. The second-order valence-corrected chi connectivity index (χ2v) is 3.50. The Morgan fingerprint density at radius 1 is 1.60 bits per heavy atom. The number of hydrogen-bond donors (Lipinski definition) is 2. The number of hydrogen-bond acceptors (Lipinski definition) is 4. The Balaban J connectivity index is 1.76. The minimum Gasteiger partial charge on any atom is -0.469 e. The van der Waals surface area contributed by atoms with Gasteiger partial charge in [-0.2, -0.15) is 5.10 Å². The molecule has 0 aromatic carbocycles. The average Bonchev–Trinajstić information content (AvgIpc) is 2.86. The van der Waals surface area contributed by atoms with Gasteiger partial charge in [0.15, 0.2) is 0 Å². The van der Waals surface area contributed by atoms with Crippen LogP contribution >= 0.6 is 0 Å². The van der Waals surface area contributed by atoms with Gasteiger partial charge in [0, 0.05) is 12.5 Å². The zero-order valence-corrected chi connectivity index (χ0v) is 8.60. The molecule has 0 amide bonds. The lowest BCUT2D eigenvalue weighted by Gasteiger charge is -2.10. The first-order chi connectivity index (χ1) is 7.34. The van der Waals surface area contributed by atoms with Crippen molar-refractivity contribution in [3.8, 4) is 0 Å². The fourth-order valence-electron chi connectivity index (χ4n) is 1.39. The Morgan fingerprint density at radius 3 is 3.20 bits per heavy atom. The van der Waals surface area contributed by atoms with Gasteiger partial charge in [-0.05, 0) is 19.1 Å². The van der Waals surface area contributed by atoms with Crippen LogP contribution in [0.1, 0.15) is 18.5 Å². The maximum Gasteiger partial charge on any atom is 0.138 e. The molecule has 0 aliphatic carbocycles. The van der Waals surface area contributed by atoms with E-state index in [4.69, 9.17) is 4.42 Å². The Bertz CT molecular complexity index is 368. The molecule has 0 bridgehead atoms. The lowest BCUT2D eigenvalue weighted by atomic mass is 10.2. The highest BCUT2D eigenvalue weighted by Crippen LogP contribution is 2.03. The molecule has 2 rings (SSSR count). The normalized spacial score (nSPS) is 12.9. The lowest BCUT2D eigenvalue weighted by molar-refractivity contribution is 0.453. The molecule has 0 spiro atoms. The molecule has 80 valence electrons. The second kappa shape index (κ2) is 4.75. The quantitative estimate of drug-likeness (QED) is 0.769. The molecular weight excluding hydrogens is 192 g/mol. The largest absolute Gasteiger partial charge is 0.469 e. The van der Waals surface area contributed by atoms with Crippen LogP contribution in [0.4, 0.5) is 0 Å². The highest BCUT2D eigenvalue weighted by atomic mass is 16.3. The highest BCUT2D eigenvalue weighted by Gasteiger charge is 2.05. The number of H-pyrrole nitrogens is 1. The summed E-state index contributed by atoms with van der Waals surface area (Å²) in [4.78, 5) is 4.03. The number of aromatic amines is 1. The first kappa shape index (κ1) is 9.92. The van der Waals surface area contributed by atoms with E-state index in [1.165, 1.54) is 6.33 Å². The minimum absolute atomic E-state index is 0.348. The van der Waals surface area contributed by atoms with Gasteiger partial charge >= 0.3 is 0 Å². The van der Waals surface area contributed by atoms with Crippen LogP contribution in [0.5, 0.6) is 0 Å². The van der Waals surface area contributed by atoms with Crippen molar-refractivity contribution >= 4 is 0 Å². The maximum absolute atomic E-state index is 5.27. The molecule has 1 atom stereocenters. The van der Waals surface area contributed by atoms with Gasteiger partial charge in [0.25, 0.3) is 0 Å². The van der Waals surface area contributed by atoms with Crippen LogP contribution in [0.15, 0.2) is 29.1 Å². The van der Waals surface area contributed by atoms with E-state index in [1.54, 1.807) is 6.26 Å². The molecule has 0 saturated carbocycles. The summed E-state index contributed by atoms with van der Waals surface area (Å²) in [6.45, 7) is 2.81. The molecule has 5 nitrogen and oxygen atoms in total. The second-order valence-electron chi connectivity index (χ2n) is 3.50. The van der Waals surface area contributed by atoms with Crippen molar-refractivity contribution in [3.05, 3.63) is 36.3 Å². The molecule has 15 heavy (non-hydrogen) atoms. The van der Waals surface area contributed by atoms with E-state index in [9.17, 15) is 0 Å². The third-order valence-corrected chi connectivity index (χ3v) is 2.17. The van der Waals surface area contributed by atoms with Crippen LogP contribution in [-0.4, -0.2) is 21.2 Å². The predicted molar refractivity (Wildman–Crippen MR) is 55.1 cm³/mol. The van der Waals surface area contributed by atoms with Gasteiger partial charge in [0.05, 0.1) is 12.8 Å². The average molecular weight is 206 g/mol. The van der Waals surface area contributed by atoms with E-state index < -0.39 is 0 Å². The number of aromatic nitrogens is 3. The van der Waals surface area contributed by atoms with Crippen molar-refractivity contribution in [3.63, 3.8) is 0 Å². The topological polar surface area (TPSA) is 66.7 Å². The molecule has 0 saturated heterocycles. The molecule has 5 heteroatoms. The van der Waals surface area contributed by atoms with Crippen LogP contribution in [0, 0.1) is 0 Å². The van der Waals surface area contributed by atoms with Crippen molar-refractivity contribution in [1.29, 1.82) is 0 Å². The third kappa shape index (κ3) is 2.92. The summed E-state index contributed by atoms with van der Waals surface area (Å²) in [5.74, 6) is 1.84. The smallest absolute Gasteiger partial charge is 0.138 e. The van der Waals surface area contributed by atoms with E-state index in [0.717, 1.165) is 18.0 Å². The lowest BCUT2D eigenvalue weighted by Crippen LogP contribution is -2.27. The van der Waals surface area contributed by atoms with Gasteiger partial charge in [-0.1, -0.05) is 0 Å². The molecule has 0 aliphatic heterocycles. The van der Waals surface area contributed by atoms with Crippen LogP contribution in [0.2, 0.25) is 0 Å². The monoisotopic (exact) mass is 206 g/mol. The number of rotatable bonds is 5. The fraction of sp³-hybridized carbons (Fsp3) is 0.400. The first-order valence-electron chi connectivity index (χ1n) is 4.94. The Hall–Kier alpha value is -1.62. The summed E-state index contributed by atoms with van der Waals surface area (Å²) in [6, 6.07) is 4.23.